The van der Waals surface area contributed by atoms with Gasteiger partial charge in [0.15, 0.2) is 0 Å². The lowest BCUT2D eigenvalue weighted by Gasteiger charge is -2.26. The molecule has 29 heavy (non-hydrogen) atoms. The number of benzene rings is 2. The highest BCUT2D eigenvalue weighted by Gasteiger charge is 2.45. The Bertz CT molecular complexity index is 781. The van der Waals surface area contributed by atoms with Crippen LogP contribution in [0.5, 0.6) is 5.75 Å². The van der Waals surface area contributed by atoms with Crippen molar-refractivity contribution in [3.8, 4) is 5.75 Å². The first kappa shape index (κ1) is 21.3. The molecule has 2 aromatic carbocycles. The second-order valence-electron chi connectivity index (χ2n) is 7.56. The maximum absolute atomic E-state index is 12.5. The molecule has 0 saturated carbocycles. The summed E-state index contributed by atoms with van der Waals surface area (Å²) in [7, 11) is 0. The summed E-state index contributed by atoms with van der Waals surface area (Å²) in [6, 6.07) is 17.6. The predicted molar refractivity (Wildman–Crippen MR) is 112 cm³/mol. The molecule has 0 bridgehead atoms. The van der Waals surface area contributed by atoms with Gasteiger partial charge < -0.3 is 25.2 Å². The molecule has 156 valence electrons. The van der Waals surface area contributed by atoms with Crippen LogP contribution in [-0.4, -0.2) is 59.0 Å². The first-order chi connectivity index (χ1) is 14.0. The number of β-amino-alcohol motifs (C(OH)–C–C–N with tert-alkyl or cyclic N) is 2. The van der Waals surface area contributed by atoms with E-state index in [1.807, 2.05) is 61.5 Å². The summed E-state index contributed by atoms with van der Waals surface area (Å²) < 4.78 is 5.43. The van der Waals surface area contributed by atoms with E-state index < -0.39 is 11.7 Å². The zero-order valence-corrected chi connectivity index (χ0v) is 16.9. The number of ether oxygens (including phenoxy) is 1. The number of rotatable bonds is 9. The number of carbonyl (C=O) groups excluding carboxylic acids is 1. The Morgan fingerprint density at radius 3 is 2.59 bits per heavy atom. The second-order valence-corrected chi connectivity index (χ2v) is 7.56. The summed E-state index contributed by atoms with van der Waals surface area (Å²) in [5.74, 6) is 0.779. The number of aliphatic hydroxyl groups is 2. The van der Waals surface area contributed by atoms with Crippen molar-refractivity contribution < 1.29 is 19.7 Å². The first-order valence-corrected chi connectivity index (χ1v) is 10.1. The van der Waals surface area contributed by atoms with Gasteiger partial charge in [-0.3, -0.25) is 4.79 Å². The minimum absolute atomic E-state index is 0.0460. The molecule has 0 spiro atoms. The van der Waals surface area contributed by atoms with Gasteiger partial charge in [0.1, 0.15) is 17.5 Å². The molecule has 0 radical (unpaired) electrons. The maximum Gasteiger partial charge on any atom is 0.223 e. The van der Waals surface area contributed by atoms with Gasteiger partial charge in [0.25, 0.3) is 0 Å². The summed E-state index contributed by atoms with van der Waals surface area (Å²) in [5.41, 5.74) is 0.821. The number of nitrogens with one attached hydrogen (secondary N) is 1. The van der Waals surface area contributed by atoms with Crippen LogP contribution in [0.25, 0.3) is 0 Å². The number of aryl methyl sites for hydroxylation is 1. The third kappa shape index (κ3) is 5.79. The van der Waals surface area contributed by atoms with Crippen LogP contribution in [-0.2, 0) is 17.8 Å². The molecule has 1 aliphatic rings. The van der Waals surface area contributed by atoms with Crippen LogP contribution < -0.4 is 10.1 Å². The predicted octanol–water partition coefficient (Wildman–Crippen LogP) is 1.74. The Labute approximate surface area is 172 Å². The smallest absolute Gasteiger partial charge is 0.223 e. The van der Waals surface area contributed by atoms with E-state index in [1.54, 1.807) is 4.90 Å². The summed E-state index contributed by atoms with van der Waals surface area (Å²) in [6.07, 6.45) is 0.0589. The standard InChI is InChI=1S/C23H30N2O4/c1-2-29-20-11-8-19(9-12-20)14-24-16-23(28)17-25(15-21(23)26)22(27)13-10-18-6-4-3-5-7-18/h3-9,11-12,21,24,26,28H,2,10,13-17H2,1H3/t21-,23+/m1/s1. The van der Waals surface area contributed by atoms with Crippen molar-refractivity contribution in [2.24, 2.45) is 0 Å². The summed E-state index contributed by atoms with van der Waals surface area (Å²) >= 11 is 0. The third-order valence-electron chi connectivity index (χ3n) is 5.30. The summed E-state index contributed by atoms with van der Waals surface area (Å²) in [6.45, 7) is 3.64. The molecule has 1 heterocycles. The highest BCUT2D eigenvalue weighted by Crippen LogP contribution is 2.23. The number of amides is 1. The van der Waals surface area contributed by atoms with Crippen molar-refractivity contribution in [3.05, 3.63) is 65.7 Å². The van der Waals surface area contributed by atoms with E-state index >= 15 is 0 Å². The van der Waals surface area contributed by atoms with E-state index in [0.717, 1.165) is 16.9 Å². The SMILES string of the molecule is CCOc1ccc(CNC[C@]2(O)CN(C(=O)CCc3ccccc3)C[C@H]2O)cc1. The Kier molecular flexibility index (Phi) is 7.25. The van der Waals surface area contributed by atoms with E-state index in [1.165, 1.54) is 0 Å². The van der Waals surface area contributed by atoms with Crippen molar-refractivity contribution in [2.75, 3.05) is 26.2 Å². The van der Waals surface area contributed by atoms with E-state index in [0.29, 0.717) is 26.0 Å². The molecular weight excluding hydrogens is 368 g/mol. The van der Waals surface area contributed by atoms with Crippen molar-refractivity contribution in [1.82, 2.24) is 10.2 Å². The quantitative estimate of drug-likeness (QED) is 0.600. The van der Waals surface area contributed by atoms with Crippen LogP contribution in [0.15, 0.2) is 54.6 Å². The van der Waals surface area contributed by atoms with Gasteiger partial charge in [-0.15, -0.1) is 0 Å². The molecule has 6 nitrogen and oxygen atoms in total. The Morgan fingerprint density at radius 1 is 1.17 bits per heavy atom. The Hall–Kier alpha value is -2.41. The molecule has 2 atom stereocenters. The van der Waals surface area contributed by atoms with Crippen LogP contribution in [0.1, 0.15) is 24.5 Å². The van der Waals surface area contributed by atoms with Crippen LogP contribution in [0.4, 0.5) is 0 Å². The third-order valence-corrected chi connectivity index (χ3v) is 5.30. The fraction of sp³-hybridized carbons (Fsp3) is 0.435. The fourth-order valence-electron chi connectivity index (χ4n) is 3.59. The van der Waals surface area contributed by atoms with Crippen molar-refractivity contribution in [2.45, 2.75) is 38.0 Å². The molecule has 1 saturated heterocycles. The number of carbonyl (C=O) groups is 1. The first-order valence-electron chi connectivity index (χ1n) is 10.1. The van der Waals surface area contributed by atoms with Gasteiger partial charge in [0.2, 0.25) is 5.91 Å². The van der Waals surface area contributed by atoms with Gasteiger partial charge >= 0.3 is 0 Å². The number of aliphatic hydroxyl groups excluding tert-OH is 1. The van der Waals surface area contributed by atoms with E-state index in [4.69, 9.17) is 4.74 Å². The van der Waals surface area contributed by atoms with Gasteiger partial charge in [0.05, 0.1) is 13.2 Å². The lowest BCUT2D eigenvalue weighted by molar-refractivity contribution is -0.131. The second kappa shape index (κ2) is 9.87. The van der Waals surface area contributed by atoms with Crippen LogP contribution in [0.3, 0.4) is 0 Å². The van der Waals surface area contributed by atoms with E-state index in [-0.39, 0.29) is 25.5 Å². The molecule has 2 aromatic rings. The lowest BCUT2D eigenvalue weighted by Crippen LogP contribution is -2.50. The van der Waals surface area contributed by atoms with Crippen molar-refractivity contribution in [3.63, 3.8) is 0 Å². The maximum atomic E-state index is 12.5. The minimum atomic E-state index is -1.34. The molecular formula is C23H30N2O4. The molecule has 1 amide bonds. The average molecular weight is 399 g/mol. The Morgan fingerprint density at radius 2 is 1.90 bits per heavy atom. The zero-order chi connectivity index (χ0) is 20.7. The van der Waals surface area contributed by atoms with E-state index in [2.05, 4.69) is 5.32 Å². The van der Waals surface area contributed by atoms with E-state index in [9.17, 15) is 15.0 Å². The number of hydrogen-bond donors (Lipinski definition) is 3. The largest absolute Gasteiger partial charge is 0.494 e. The minimum Gasteiger partial charge on any atom is -0.494 e. The van der Waals surface area contributed by atoms with Gasteiger partial charge in [-0.25, -0.2) is 0 Å². The average Bonchev–Trinajstić information content (AvgIpc) is 3.03. The molecule has 1 fully saturated rings. The highest BCUT2D eigenvalue weighted by molar-refractivity contribution is 5.77. The summed E-state index contributed by atoms with van der Waals surface area (Å²) in [5, 5.41) is 24.4. The van der Waals surface area contributed by atoms with Crippen LogP contribution >= 0.6 is 0 Å². The van der Waals surface area contributed by atoms with Gasteiger partial charge in [0, 0.05) is 26.1 Å². The van der Waals surface area contributed by atoms with Gasteiger partial charge in [-0.2, -0.15) is 0 Å². The highest BCUT2D eigenvalue weighted by atomic mass is 16.5. The van der Waals surface area contributed by atoms with Crippen molar-refractivity contribution in [1.29, 1.82) is 0 Å². The fourth-order valence-corrected chi connectivity index (χ4v) is 3.59. The molecule has 1 aliphatic heterocycles. The molecule has 3 rings (SSSR count). The summed E-state index contributed by atoms with van der Waals surface area (Å²) in [4.78, 5) is 14.1. The normalized spacial score (nSPS) is 21.3. The van der Waals surface area contributed by atoms with Gasteiger partial charge in [-0.1, -0.05) is 42.5 Å². The number of likely N-dealkylation sites (tertiary alicyclic amines) is 1. The lowest BCUT2D eigenvalue weighted by atomic mass is 10.0. The number of nitrogens with zero attached hydrogens (tertiary/aromatic N) is 1. The monoisotopic (exact) mass is 398 g/mol. The molecule has 0 unspecified atom stereocenters. The Balaban J connectivity index is 1.46. The van der Waals surface area contributed by atoms with Crippen molar-refractivity contribution >= 4 is 5.91 Å². The molecule has 0 aliphatic carbocycles. The molecule has 3 N–H and O–H groups in total. The zero-order valence-electron chi connectivity index (χ0n) is 16.9. The van der Waals surface area contributed by atoms with Gasteiger partial charge in [-0.05, 0) is 36.6 Å². The van der Waals surface area contributed by atoms with Crippen LogP contribution in [0.2, 0.25) is 0 Å². The van der Waals surface area contributed by atoms with Crippen LogP contribution in [0, 0.1) is 0 Å². The molecule has 6 heteroatoms. The molecule has 0 aromatic heterocycles. The topological polar surface area (TPSA) is 82.0 Å². The number of hydrogen-bond acceptors (Lipinski definition) is 5.